The molecule has 0 amide bonds. The number of aromatic nitrogens is 2. The van der Waals surface area contributed by atoms with Crippen LogP contribution in [0.25, 0.3) is 11.5 Å². The van der Waals surface area contributed by atoms with Crippen LogP contribution in [0.1, 0.15) is 24.7 Å². The topological polar surface area (TPSA) is 60.2 Å². The van der Waals surface area contributed by atoms with Gasteiger partial charge in [-0.2, -0.15) is 4.98 Å². The average Bonchev–Trinajstić information content (AvgIpc) is 2.94. The Hall–Kier alpha value is -1.88. The van der Waals surface area contributed by atoms with Crippen LogP contribution >= 0.6 is 0 Å². The van der Waals surface area contributed by atoms with Gasteiger partial charge >= 0.3 is 0 Å². The SMILES string of the molecule is COC(C)Cc1noc(-c2cccc3c2CCCN3)n1. The predicted octanol–water partition coefficient (Wildman–Crippen LogP) is 2.67. The first-order valence-corrected chi connectivity index (χ1v) is 6.99. The molecule has 0 spiro atoms. The number of benzene rings is 1. The van der Waals surface area contributed by atoms with E-state index in [1.54, 1.807) is 7.11 Å². The van der Waals surface area contributed by atoms with Crippen LogP contribution in [0, 0.1) is 0 Å². The molecule has 3 rings (SSSR count). The Morgan fingerprint density at radius 2 is 2.35 bits per heavy atom. The first-order chi connectivity index (χ1) is 9.78. The van der Waals surface area contributed by atoms with E-state index in [1.165, 1.54) is 11.3 Å². The summed E-state index contributed by atoms with van der Waals surface area (Å²) in [6, 6.07) is 6.17. The van der Waals surface area contributed by atoms with Crippen molar-refractivity contribution in [3.8, 4) is 11.5 Å². The molecule has 0 aliphatic carbocycles. The van der Waals surface area contributed by atoms with Gasteiger partial charge in [-0.05, 0) is 37.5 Å². The summed E-state index contributed by atoms with van der Waals surface area (Å²) < 4.78 is 10.6. The monoisotopic (exact) mass is 273 g/mol. The molecule has 0 fully saturated rings. The minimum absolute atomic E-state index is 0.0896. The summed E-state index contributed by atoms with van der Waals surface area (Å²) in [5.74, 6) is 1.29. The van der Waals surface area contributed by atoms with E-state index in [0.717, 1.165) is 24.9 Å². The van der Waals surface area contributed by atoms with Crippen molar-refractivity contribution in [2.45, 2.75) is 32.3 Å². The minimum Gasteiger partial charge on any atom is -0.385 e. The molecule has 0 radical (unpaired) electrons. The fraction of sp³-hybridized carbons (Fsp3) is 0.467. The molecule has 5 nitrogen and oxygen atoms in total. The third kappa shape index (κ3) is 2.54. The third-order valence-corrected chi connectivity index (χ3v) is 3.67. The fourth-order valence-corrected chi connectivity index (χ4v) is 2.50. The van der Waals surface area contributed by atoms with E-state index in [-0.39, 0.29) is 6.10 Å². The molecule has 2 heterocycles. The molecule has 0 saturated heterocycles. The molecule has 1 N–H and O–H groups in total. The van der Waals surface area contributed by atoms with Gasteiger partial charge in [0.05, 0.1) is 6.10 Å². The van der Waals surface area contributed by atoms with E-state index in [0.29, 0.717) is 18.1 Å². The number of nitrogens with zero attached hydrogens (tertiary/aromatic N) is 2. The molecule has 106 valence electrons. The zero-order valence-corrected chi connectivity index (χ0v) is 11.8. The lowest BCUT2D eigenvalue weighted by atomic mass is 9.97. The Labute approximate surface area is 118 Å². The highest BCUT2D eigenvalue weighted by Gasteiger charge is 2.18. The normalized spacial score (nSPS) is 15.5. The smallest absolute Gasteiger partial charge is 0.258 e. The summed E-state index contributed by atoms with van der Waals surface area (Å²) in [7, 11) is 1.69. The molecule has 1 unspecified atom stereocenters. The third-order valence-electron chi connectivity index (χ3n) is 3.67. The summed E-state index contributed by atoms with van der Waals surface area (Å²) in [5.41, 5.74) is 3.49. The van der Waals surface area contributed by atoms with Crippen LogP contribution < -0.4 is 5.32 Å². The van der Waals surface area contributed by atoms with Gasteiger partial charge in [0.15, 0.2) is 5.82 Å². The lowest BCUT2D eigenvalue weighted by Gasteiger charge is -2.19. The van der Waals surface area contributed by atoms with Crippen LogP contribution in [0.5, 0.6) is 0 Å². The van der Waals surface area contributed by atoms with Crippen molar-refractivity contribution >= 4 is 5.69 Å². The highest BCUT2D eigenvalue weighted by atomic mass is 16.5. The molecule has 20 heavy (non-hydrogen) atoms. The first kappa shape index (κ1) is 13.1. The van der Waals surface area contributed by atoms with Crippen molar-refractivity contribution in [2.24, 2.45) is 0 Å². The Morgan fingerprint density at radius 1 is 1.45 bits per heavy atom. The summed E-state index contributed by atoms with van der Waals surface area (Å²) in [5, 5.41) is 7.45. The number of hydrogen-bond acceptors (Lipinski definition) is 5. The zero-order valence-electron chi connectivity index (χ0n) is 11.8. The number of ether oxygens (including phenoxy) is 1. The number of methoxy groups -OCH3 is 1. The molecule has 1 aromatic carbocycles. The Bertz CT molecular complexity index is 595. The number of nitrogens with one attached hydrogen (secondary N) is 1. The predicted molar refractivity (Wildman–Crippen MR) is 76.7 cm³/mol. The van der Waals surface area contributed by atoms with Crippen LogP contribution in [0.2, 0.25) is 0 Å². The molecule has 1 aromatic heterocycles. The van der Waals surface area contributed by atoms with Crippen LogP contribution in [0.3, 0.4) is 0 Å². The van der Waals surface area contributed by atoms with Crippen LogP contribution in [0.4, 0.5) is 5.69 Å². The highest BCUT2D eigenvalue weighted by Crippen LogP contribution is 2.31. The second kappa shape index (κ2) is 5.63. The van der Waals surface area contributed by atoms with Gasteiger partial charge < -0.3 is 14.6 Å². The minimum atomic E-state index is 0.0896. The first-order valence-electron chi connectivity index (χ1n) is 6.99. The van der Waals surface area contributed by atoms with Crippen LogP contribution in [0.15, 0.2) is 22.7 Å². The van der Waals surface area contributed by atoms with Crippen molar-refractivity contribution in [3.05, 3.63) is 29.6 Å². The van der Waals surface area contributed by atoms with Crippen molar-refractivity contribution in [2.75, 3.05) is 19.0 Å². The highest BCUT2D eigenvalue weighted by molar-refractivity contribution is 5.69. The molecule has 0 bridgehead atoms. The van der Waals surface area contributed by atoms with E-state index in [4.69, 9.17) is 9.26 Å². The van der Waals surface area contributed by atoms with Crippen LogP contribution in [-0.4, -0.2) is 29.9 Å². The van der Waals surface area contributed by atoms with Gasteiger partial charge in [-0.15, -0.1) is 0 Å². The maximum absolute atomic E-state index is 5.42. The largest absolute Gasteiger partial charge is 0.385 e. The van der Waals surface area contributed by atoms with Gasteiger partial charge in [-0.3, -0.25) is 0 Å². The van der Waals surface area contributed by atoms with Gasteiger partial charge in [0, 0.05) is 31.3 Å². The molecule has 5 heteroatoms. The Balaban J connectivity index is 1.90. The van der Waals surface area contributed by atoms with Crippen molar-refractivity contribution in [3.63, 3.8) is 0 Å². The Kier molecular flexibility index (Phi) is 3.69. The molecular formula is C15H19N3O2. The molecule has 1 atom stereocenters. The molecule has 1 aliphatic heterocycles. The zero-order chi connectivity index (χ0) is 13.9. The van der Waals surface area contributed by atoms with Crippen molar-refractivity contribution in [1.29, 1.82) is 0 Å². The van der Waals surface area contributed by atoms with E-state index >= 15 is 0 Å². The second-order valence-electron chi connectivity index (χ2n) is 5.13. The van der Waals surface area contributed by atoms with E-state index < -0.39 is 0 Å². The maximum atomic E-state index is 5.42. The van der Waals surface area contributed by atoms with Gasteiger partial charge in [-0.1, -0.05) is 11.2 Å². The van der Waals surface area contributed by atoms with Gasteiger partial charge in [-0.25, -0.2) is 0 Å². The standard InChI is InChI=1S/C15H19N3O2/c1-10(19-2)9-14-17-15(20-18-14)12-5-3-7-13-11(12)6-4-8-16-13/h3,5,7,10,16H,4,6,8-9H2,1-2H3. The van der Waals surface area contributed by atoms with E-state index in [9.17, 15) is 0 Å². The second-order valence-corrected chi connectivity index (χ2v) is 5.13. The molecule has 0 saturated carbocycles. The molecule has 1 aliphatic rings. The summed E-state index contributed by atoms with van der Waals surface area (Å²) in [6.07, 6.45) is 2.93. The lowest BCUT2D eigenvalue weighted by molar-refractivity contribution is 0.116. The maximum Gasteiger partial charge on any atom is 0.258 e. The van der Waals surface area contributed by atoms with E-state index in [1.807, 2.05) is 19.1 Å². The summed E-state index contributed by atoms with van der Waals surface area (Å²) in [4.78, 5) is 4.49. The van der Waals surface area contributed by atoms with Gasteiger partial charge in [0.2, 0.25) is 0 Å². The molecule has 2 aromatic rings. The lowest BCUT2D eigenvalue weighted by Crippen LogP contribution is -2.12. The Morgan fingerprint density at radius 3 is 3.20 bits per heavy atom. The number of hydrogen-bond donors (Lipinski definition) is 1. The van der Waals surface area contributed by atoms with Gasteiger partial charge in [0.25, 0.3) is 5.89 Å². The molecular weight excluding hydrogens is 254 g/mol. The fourth-order valence-electron chi connectivity index (χ4n) is 2.50. The number of rotatable bonds is 4. The van der Waals surface area contributed by atoms with E-state index in [2.05, 4.69) is 21.5 Å². The number of anilines is 1. The summed E-state index contributed by atoms with van der Waals surface area (Å²) >= 11 is 0. The van der Waals surface area contributed by atoms with Crippen molar-refractivity contribution < 1.29 is 9.26 Å². The average molecular weight is 273 g/mol. The quantitative estimate of drug-likeness (QED) is 0.928. The van der Waals surface area contributed by atoms with Crippen molar-refractivity contribution in [1.82, 2.24) is 10.1 Å². The van der Waals surface area contributed by atoms with Gasteiger partial charge in [0.1, 0.15) is 0 Å². The van der Waals surface area contributed by atoms with Crippen LogP contribution in [-0.2, 0) is 17.6 Å². The number of fused-ring (bicyclic) bond motifs is 1. The summed E-state index contributed by atoms with van der Waals surface area (Å²) in [6.45, 7) is 3.02.